The van der Waals surface area contributed by atoms with Gasteiger partial charge in [-0.2, -0.15) is 0 Å². The number of carbonyl (C=O) groups excluding carboxylic acids is 1. The number of nitrogens with zero attached hydrogens (tertiary/aromatic N) is 2. The molecule has 0 radical (unpaired) electrons. The number of hydrogen-bond acceptors (Lipinski definition) is 3. The van der Waals surface area contributed by atoms with E-state index in [0.717, 1.165) is 25.9 Å². The summed E-state index contributed by atoms with van der Waals surface area (Å²) in [5.74, 6) is 0.209. The van der Waals surface area contributed by atoms with Crippen molar-refractivity contribution in [3.8, 4) is 0 Å². The van der Waals surface area contributed by atoms with Gasteiger partial charge in [0.1, 0.15) is 0 Å². The predicted octanol–water partition coefficient (Wildman–Crippen LogP) is 2.06. The van der Waals surface area contributed by atoms with Crippen LogP contribution in [0.25, 0.3) is 0 Å². The number of amides is 1. The van der Waals surface area contributed by atoms with Gasteiger partial charge in [0.25, 0.3) is 0 Å². The van der Waals surface area contributed by atoms with Gasteiger partial charge >= 0.3 is 0 Å². The monoisotopic (exact) mass is 325 g/mol. The van der Waals surface area contributed by atoms with Gasteiger partial charge in [0.05, 0.1) is 6.54 Å². The zero-order chi connectivity index (χ0) is 15.2. The highest BCUT2D eigenvalue weighted by Gasteiger charge is 2.21. The first kappa shape index (κ1) is 18.9. The van der Waals surface area contributed by atoms with Crippen LogP contribution in [-0.4, -0.2) is 55.5 Å². The fourth-order valence-electron chi connectivity index (χ4n) is 2.82. The van der Waals surface area contributed by atoms with Crippen molar-refractivity contribution in [2.24, 2.45) is 0 Å². The third-order valence-electron chi connectivity index (χ3n) is 4.45. The molecule has 1 aromatic carbocycles. The zero-order valence-electron chi connectivity index (χ0n) is 13.8. The number of nitrogens with one attached hydrogen (secondary N) is 1. The van der Waals surface area contributed by atoms with Gasteiger partial charge in [0.15, 0.2) is 0 Å². The lowest BCUT2D eigenvalue weighted by Crippen LogP contribution is -2.45. The zero-order valence-corrected chi connectivity index (χ0v) is 14.7. The van der Waals surface area contributed by atoms with Crippen LogP contribution in [0.3, 0.4) is 0 Å². The van der Waals surface area contributed by atoms with E-state index in [2.05, 4.69) is 29.3 Å². The molecule has 1 fully saturated rings. The third-order valence-corrected chi connectivity index (χ3v) is 4.45. The fraction of sp³-hybridized carbons (Fsp3) is 0.588. The Kier molecular flexibility index (Phi) is 7.87. The molecule has 1 saturated heterocycles. The third kappa shape index (κ3) is 5.27. The Morgan fingerprint density at radius 2 is 1.95 bits per heavy atom. The summed E-state index contributed by atoms with van der Waals surface area (Å²) in [6.45, 7) is 5.35. The summed E-state index contributed by atoms with van der Waals surface area (Å²) in [7, 11) is 3.91. The van der Waals surface area contributed by atoms with Gasteiger partial charge in [-0.3, -0.25) is 9.69 Å². The highest BCUT2D eigenvalue weighted by atomic mass is 35.5. The number of likely N-dealkylation sites (tertiary alicyclic amines) is 1. The minimum absolute atomic E-state index is 0. The van der Waals surface area contributed by atoms with Crippen molar-refractivity contribution in [3.63, 3.8) is 0 Å². The van der Waals surface area contributed by atoms with Crippen LogP contribution in [0.2, 0.25) is 0 Å². The number of likely N-dealkylation sites (N-methyl/N-ethyl adjacent to an activating group) is 1. The molecule has 4 nitrogen and oxygen atoms in total. The van der Waals surface area contributed by atoms with Crippen LogP contribution in [0, 0.1) is 6.92 Å². The molecule has 1 aromatic rings. The molecule has 0 atom stereocenters. The van der Waals surface area contributed by atoms with Crippen LogP contribution in [0.1, 0.15) is 24.0 Å². The number of benzene rings is 1. The maximum Gasteiger partial charge on any atom is 0.236 e. The number of hydrogen-bond donors (Lipinski definition) is 1. The predicted molar refractivity (Wildman–Crippen MR) is 93.4 cm³/mol. The van der Waals surface area contributed by atoms with E-state index in [1.54, 1.807) is 0 Å². The lowest BCUT2D eigenvalue weighted by atomic mass is 10.1. The number of carbonyl (C=O) groups is 1. The SMILES string of the molecule is CNC1CCN(CC(=O)N(C)Cc2ccccc2C)CC1.Cl. The van der Waals surface area contributed by atoms with Crippen molar-refractivity contribution in [2.45, 2.75) is 32.4 Å². The largest absolute Gasteiger partial charge is 0.340 e. The summed E-state index contributed by atoms with van der Waals surface area (Å²) in [6.07, 6.45) is 2.26. The van der Waals surface area contributed by atoms with Crippen molar-refractivity contribution in [1.82, 2.24) is 15.1 Å². The maximum absolute atomic E-state index is 12.3. The van der Waals surface area contributed by atoms with Crippen LogP contribution < -0.4 is 5.32 Å². The Balaban J connectivity index is 0.00000242. The Morgan fingerprint density at radius 1 is 1.32 bits per heavy atom. The number of piperidine rings is 1. The van der Waals surface area contributed by atoms with Crippen molar-refractivity contribution in [3.05, 3.63) is 35.4 Å². The Labute approximate surface area is 140 Å². The van der Waals surface area contributed by atoms with Gasteiger partial charge in [-0.15, -0.1) is 12.4 Å². The molecule has 5 heteroatoms. The van der Waals surface area contributed by atoms with Crippen molar-refractivity contribution < 1.29 is 4.79 Å². The lowest BCUT2D eigenvalue weighted by Gasteiger charge is -2.32. The average molecular weight is 326 g/mol. The molecule has 1 aliphatic rings. The molecule has 22 heavy (non-hydrogen) atoms. The van der Waals surface area contributed by atoms with E-state index in [1.807, 2.05) is 31.1 Å². The van der Waals surface area contributed by atoms with E-state index < -0.39 is 0 Å². The molecule has 124 valence electrons. The number of rotatable bonds is 5. The van der Waals surface area contributed by atoms with Crippen LogP contribution in [0.5, 0.6) is 0 Å². The Hall–Kier alpha value is -1.10. The maximum atomic E-state index is 12.3. The quantitative estimate of drug-likeness (QED) is 0.900. The van der Waals surface area contributed by atoms with Gasteiger partial charge < -0.3 is 10.2 Å². The summed E-state index contributed by atoms with van der Waals surface area (Å²) in [6, 6.07) is 8.87. The van der Waals surface area contributed by atoms with Crippen LogP contribution >= 0.6 is 12.4 Å². The van der Waals surface area contributed by atoms with Crippen LogP contribution in [-0.2, 0) is 11.3 Å². The summed E-state index contributed by atoms with van der Waals surface area (Å²) < 4.78 is 0. The van der Waals surface area contributed by atoms with Crippen molar-refractivity contribution >= 4 is 18.3 Å². The van der Waals surface area contributed by atoms with Crippen molar-refractivity contribution in [2.75, 3.05) is 33.7 Å². The summed E-state index contributed by atoms with van der Waals surface area (Å²) >= 11 is 0. The molecular formula is C17H28ClN3O. The first-order valence-electron chi connectivity index (χ1n) is 7.78. The number of halogens is 1. The summed E-state index contributed by atoms with van der Waals surface area (Å²) in [5.41, 5.74) is 2.47. The van der Waals surface area contributed by atoms with Gasteiger partial charge in [0, 0.05) is 32.7 Å². The smallest absolute Gasteiger partial charge is 0.236 e. The van der Waals surface area contributed by atoms with Crippen LogP contribution in [0.4, 0.5) is 0 Å². The molecule has 0 aromatic heterocycles. The molecule has 0 unspecified atom stereocenters. The second kappa shape index (κ2) is 9.13. The standard InChI is InChI=1S/C17H27N3O.ClH/c1-14-6-4-5-7-15(14)12-19(3)17(21)13-20-10-8-16(18-2)9-11-20;/h4-7,16,18H,8-13H2,1-3H3;1H. The highest BCUT2D eigenvalue weighted by Crippen LogP contribution is 2.12. The normalized spacial score (nSPS) is 16.1. The molecule has 2 rings (SSSR count). The molecule has 1 N–H and O–H groups in total. The first-order valence-corrected chi connectivity index (χ1v) is 7.78. The fourth-order valence-corrected chi connectivity index (χ4v) is 2.82. The summed E-state index contributed by atoms with van der Waals surface area (Å²) in [4.78, 5) is 16.5. The van der Waals surface area contributed by atoms with E-state index >= 15 is 0 Å². The topological polar surface area (TPSA) is 35.6 Å². The molecule has 0 spiro atoms. The van der Waals surface area contributed by atoms with Crippen LogP contribution in [0.15, 0.2) is 24.3 Å². The second-order valence-electron chi connectivity index (χ2n) is 6.02. The van der Waals surface area contributed by atoms with Gasteiger partial charge in [-0.05, 0) is 37.9 Å². The van der Waals surface area contributed by atoms with E-state index in [1.165, 1.54) is 11.1 Å². The molecule has 0 aliphatic carbocycles. The second-order valence-corrected chi connectivity index (χ2v) is 6.02. The number of aryl methyl sites for hydroxylation is 1. The van der Waals surface area contributed by atoms with E-state index in [4.69, 9.17) is 0 Å². The molecule has 0 bridgehead atoms. The van der Waals surface area contributed by atoms with Gasteiger partial charge in [-0.1, -0.05) is 24.3 Å². The van der Waals surface area contributed by atoms with Gasteiger partial charge in [0.2, 0.25) is 5.91 Å². The minimum atomic E-state index is 0. The van der Waals surface area contributed by atoms with E-state index in [9.17, 15) is 4.79 Å². The minimum Gasteiger partial charge on any atom is -0.340 e. The van der Waals surface area contributed by atoms with E-state index in [0.29, 0.717) is 19.1 Å². The first-order chi connectivity index (χ1) is 10.1. The molecule has 1 aliphatic heterocycles. The average Bonchev–Trinajstić information content (AvgIpc) is 2.50. The van der Waals surface area contributed by atoms with Gasteiger partial charge in [-0.25, -0.2) is 0 Å². The Bertz CT molecular complexity index is 473. The molecular weight excluding hydrogens is 298 g/mol. The van der Waals surface area contributed by atoms with E-state index in [-0.39, 0.29) is 18.3 Å². The lowest BCUT2D eigenvalue weighted by molar-refractivity contribution is -0.131. The molecule has 1 heterocycles. The summed E-state index contributed by atoms with van der Waals surface area (Å²) in [5, 5.41) is 3.32. The molecule has 1 amide bonds. The highest BCUT2D eigenvalue weighted by molar-refractivity contribution is 5.85. The molecule has 0 saturated carbocycles. The van der Waals surface area contributed by atoms with Crippen molar-refractivity contribution in [1.29, 1.82) is 0 Å². The Morgan fingerprint density at radius 3 is 2.55 bits per heavy atom.